The Hall–Kier alpha value is -2.70. The highest BCUT2D eigenvalue weighted by atomic mass is 19.1. The molecule has 24 heavy (non-hydrogen) atoms. The molecule has 0 radical (unpaired) electrons. The first kappa shape index (κ1) is 16.2. The molecule has 1 saturated heterocycles. The maximum absolute atomic E-state index is 13.4. The highest BCUT2D eigenvalue weighted by Gasteiger charge is 2.30. The molecule has 2 N–H and O–H groups in total. The number of rotatable bonds is 5. The summed E-state index contributed by atoms with van der Waals surface area (Å²) in [5, 5.41) is 9.51. The Kier molecular flexibility index (Phi) is 4.59. The van der Waals surface area contributed by atoms with Crippen molar-refractivity contribution >= 4 is 11.8 Å². The number of hydrogen-bond donors (Lipinski definition) is 2. The Morgan fingerprint density at radius 3 is 3.08 bits per heavy atom. The van der Waals surface area contributed by atoms with Crippen molar-refractivity contribution in [2.75, 3.05) is 13.1 Å². The minimum atomic E-state index is -0.384. The van der Waals surface area contributed by atoms with E-state index in [4.69, 9.17) is 0 Å². The highest BCUT2D eigenvalue weighted by molar-refractivity contribution is 6.00. The molecule has 1 aliphatic heterocycles. The van der Waals surface area contributed by atoms with Gasteiger partial charge in [0.2, 0.25) is 5.91 Å². The zero-order chi connectivity index (χ0) is 17.1. The predicted molar refractivity (Wildman–Crippen MR) is 86.7 cm³/mol. The number of halogens is 1. The van der Waals surface area contributed by atoms with Crippen LogP contribution in [-0.4, -0.2) is 46.0 Å². The molecule has 0 saturated carbocycles. The first-order valence-electron chi connectivity index (χ1n) is 7.96. The number of nitrogens with zero attached hydrogens (tertiary/aromatic N) is 2. The number of amides is 2. The van der Waals surface area contributed by atoms with Gasteiger partial charge in [-0.2, -0.15) is 5.10 Å². The number of H-pyrrole nitrogens is 1. The molecule has 0 unspecified atom stereocenters. The molecule has 1 aromatic heterocycles. The SMILES string of the molecule is CCCN1C[C@H](NC(=O)c2cn[nH]c2-c2cccc(F)c2)CC1=O. The van der Waals surface area contributed by atoms with Gasteiger partial charge in [-0.05, 0) is 18.6 Å². The molecular weight excluding hydrogens is 311 g/mol. The molecule has 0 aliphatic carbocycles. The average Bonchev–Trinajstić information content (AvgIpc) is 3.15. The van der Waals surface area contributed by atoms with Gasteiger partial charge in [0.25, 0.3) is 5.91 Å². The Labute approximate surface area is 139 Å². The summed E-state index contributed by atoms with van der Waals surface area (Å²) in [7, 11) is 0. The molecule has 1 aliphatic rings. The third-order valence-corrected chi connectivity index (χ3v) is 4.04. The fourth-order valence-corrected chi connectivity index (χ4v) is 2.94. The lowest BCUT2D eigenvalue weighted by Gasteiger charge is -2.16. The lowest BCUT2D eigenvalue weighted by Crippen LogP contribution is -2.37. The van der Waals surface area contributed by atoms with Crippen molar-refractivity contribution < 1.29 is 14.0 Å². The quantitative estimate of drug-likeness (QED) is 0.880. The summed E-state index contributed by atoms with van der Waals surface area (Å²) in [5.41, 5.74) is 1.34. The van der Waals surface area contributed by atoms with Crippen LogP contribution in [0.25, 0.3) is 11.3 Å². The van der Waals surface area contributed by atoms with Crippen LogP contribution >= 0.6 is 0 Å². The second-order valence-electron chi connectivity index (χ2n) is 5.88. The average molecular weight is 330 g/mol. The first-order chi connectivity index (χ1) is 11.6. The van der Waals surface area contributed by atoms with Crippen LogP contribution in [0.1, 0.15) is 30.1 Å². The summed E-state index contributed by atoms with van der Waals surface area (Å²) >= 11 is 0. The Morgan fingerprint density at radius 2 is 2.33 bits per heavy atom. The van der Waals surface area contributed by atoms with E-state index >= 15 is 0 Å². The van der Waals surface area contributed by atoms with Gasteiger partial charge in [0.1, 0.15) is 5.82 Å². The fourth-order valence-electron chi connectivity index (χ4n) is 2.94. The lowest BCUT2D eigenvalue weighted by atomic mass is 10.1. The van der Waals surface area contributed by atoms with Crippen molar-refractivity contribution in [3.63, 3.8) is 0 Å². The van der Waals surface area contributed by atoms with Crippen LogP contribution in [-0.2, 0) is 4.79 Å². The van der Waals surface area contributed by atoms with Crippen molar-refractivity contribution in [3.05, 3.63) is 41.8 Å². The van der Waals surface area contributed by atoms with Gasteiger partial charge in [-0.15, -0.1) is 0 Å². The summed E-state index contributed by atoms with van der Waals surface area (Å²) in [4.78, 5) is 26.2. The van der Waals surface area contributed by atoms with Crippen molar-refractivity contribution in [2.24, 2.45) is 0 Å². The van der Waals surface area contributed by atoms with E-state index in [0.717, 1.165) is 6.42 Å². The molecule has 1 fully saturated rings. The van der Waals surface area contributed by atoms with Crippen molar-refractivity contribution in [2.45, 2.75) is 25.8 Å². The number of nitrogens with one attached hydrogen (secondary N) is 2. The molecule has 126 valence electrons. The number of likely N-dealkylation sites (tertiary alicyclic amines) is 1. The number of hydrogen-bond acceptors (Lipinski definition) is 3. The molecule has 1 atom stereocenters. The third kappa shape index (κ3) is 3.29. The second kappa shape index (κ2) is 6.82. The molecule has 3 rings (SSSR count). The van der Waals surface area contributed by atoms with Gasteiger partial charge in [-0.3, -0.25) is 14.7 Å². The summed E-state index contributed by atoms with van der Waals surface area (Å²) in [6, 6.07) is 5.74. The second-order valence-corrected chi connectivity index (χ2v) is 5.88. The summed E-state index contributed by atoms with van der Waals surface area (Å²) in [6.45, 7) is 3.23. The summed E-state index contributed by atoms with van der Waals surface area (Å²) in [5.74, 6) is -0.649. The largest absolute Gasteiger partial charge is 0.347 e. The van der Waals surface area contributed by atoms with E-state index in [2.05, 4.69) is 15.5 Å². The van der Waals surface area contributed by atoms with Crippen LogP contribution in [0.2, 0.25) is 0 Å². The van der Waals surface area contributed by atoms with Gasteiger partial charge < -0.3 is 10.2 Å². The Morgan fingerprint density at radius 1 is 1.50 bits per heavy atom. The Bertz CT molecular complexity index is 759. The number of carbonyl (C=O) groups excluding carboxylic acids is 2. The standard InChI is InChI=1S/C17H19FN4O2/c1-2-6-22-10-13(8-15(22)23)20-17(24)14-9-19-21-16(14)11-4-3-5-12(18)7-11/h3-5,7,9,13H,2,6,8,10H2,1H3,(H,19,21)(H,20,24)/t13-/m1/s1. The number of carbonyl (C=O) groups is 2. The monoisotopic (exact) mass is 330 g/mol. The molecule has 2 aromatic rings. The topological polar surface area (TPSA) is 78.1 Å². The minimum Gasteiger partial charge on any atom is -0.347 e. The molecule has 2 heterocycles. The maximum atomic E-state index is 13.4. The van der Waals surface area contributed by atoms with Crippen molar-refractivity contribution in [1.82, 2.24) is 20.4 Å². The van der Waals surface area contributed by atoms with Crippen LogP contribution in [0.4, 0.5) is 4.39 Å². The molecule has 7 heteroatoms. The minimum absolute atomic E-state index is 0.0553. The fraction of sp³-hybridized carbons (Fsp3) is 0.353. The zero-order valence-electron chi connectivity index (χ0n) is 13.4. The highest BCUT2D eigenvalue weighted by Crippen LogP contribution is 2.22. The van der Waals surface area contributed by atoms with Crippen LogP contribution in [0, 0.1) is 5.82 Å². The maximum Gasteiger partial charge on any atom is 0.255 e. The number of aromatic nitrogens is 2. The smallest absolute Gasteiger partial charge is 0.255 e. The van der Waals surface area contributed by atoms with Gasteiger partial charge >= 0.3 is 0 Å². The molecule has 0 bridgehead atoms. The van der Waals surface area contributed by atoms with E-state index in [1.807, 2.05) is 6.92 Å². The van der Waals surface area contributed by atoms with E-state index in [1.54, 1.807) is 17.0 Å². The van der Waals surface area contributed by atoms with Crippen molar-refractivity contribution in [3.8, 4) is 11.3 Å². The van der Waals surface area contributed by atoms with Crippen LogP contribution in [0.5, 0.6) is 0 Å². The zero-order valence-corrected chi connectivity index (χ0v) is 13.4. The number of aromatic amines is 1. The molecular formula is C17H19FN4O2. The molecule has 6 nitrogen and oxygen atoms in total. The van der Waals surface area contributed by atoms with Gasteiger partial charge in [-0.1, -0.05) is 19.1 Å². The number of benzene rings is 1. The van der Waals surface area contributed by atoms with Crippen LogP contribution in [0.3, 0.4) is 0 Å². The Balaban J connectivity index is 1.73. The summed E-state index contributed by atoms with van der Waals surface area (Å²) in [6.07, 6.45) is 2.60. The third-order valence-electron chi connectivity index (χ3n) is 4.04. The summed E-state index contributed by atoms with van der Waals surface area (Å²) < 4.78 is 13.4. The van der Waals surface area contributed by atoms with E-state index < -0.39 is 0 Å². The van der Waals surface area contributed by atoms with E-state index in [-0.39, 0.29) is 23.7 Å². The van der Waals surface area contributed by atoms with Crippen LogP contribution in [0.15, 0.2) is 30.5 Å². The van der Waals surface area contributed by atoms with E-state index in [9.17, 15) is 14.0 Å². The molecule has 2 amide bonds. The lowest BCUT2D eigenvalue weighted by molar-refractivity contribution is -0.127. The van der Waals surface area contributed by atoms with Crippen molar-refractivity contribution in [1.29, 1.82) is 0 Å². The molecule has 0 spiro atoms. The van der Waals surface area contributed by atoms with Gasteiger partial charge in [-0.25, -0.2) is 4.39 Å². The molecule has 1 aromatic carbocycles. The van der Waals surface area contributed by atoms with E-state index in [1.165, 1.54) is 18.3 Å². The normalized spacial score (nSPS) is 17.3. The van der Waals surface area contributed by atoms with Gasteiger partial charge in [0.05, 0.1) is 23.5 Å². The van der Waals surface area contributed by atoms with Crippen LogP contribution < -0.4 is 5.32 Å². The predicted octanol–water partition coefficient (Wildman–Crippen LogP) is 1.96. The van der Waals surface area contributed by atoms with E-state index in [0.29, 0.717) is 36.3 Å². The first-order valence-corrected chi connectivity index (χ1v) is 7.96. The van der Waals surface area contributed by atoms with Gasteiger partial charge in [0, 0.05) is 25.1 Å². The van der Waals surface area contributed by atoms with Gasteiger partial charge in [0.15, 0.2) is 0 Å².